The highest BCUT2D eigenvalue weighted by molar-refractivity contribution is 7.13. The summed E-state index contributed by atoms with van der Waals surface area (Å²) in [6.45, 7) is 2.36. The molecule has 0 amide bonds. The third-order valence-corrected chi connectivity index (χ3v) is 9.33. The molecule has 5 aromatic carbocycles. The van der Waals surface area contributed by atoms with Gasteiger partial charge in [0.25, 0.3) is 0 Å². The van der Waals surface area contributed by atoms with Gasteiger partial charge in [-0.15, -0.1) is 11.3 Å². The molecule has 0 N–H and O–H groups in total. The van der Waals surface area contributed by atoms with E-state index in [1.165, 1.54) is 32.7 Å². The first-order valence-corrected chi connectivity index (χ1v) is 16.4. The number of nitrogens with zero attached hydrogens (tertiary/aromatic N) is 1. The van der Waals surface area contributed by atoms with Crippen molar-refractivity contribution in [3.05, 3.63) is 197 Å². The molecule has 1 aromatic heterocycles. The van der Waals surface area contributed by atoms with Crippen LogP contribution in [0.2, 0.25) is 0 Å². The Balaban J connectivity index is 1.51. The molecule has 6 aromatic rings. The highest BCUT2D eigenvalue weighted by atomic mass is 32.1. The summed E-state index contributed by atoms with van der Waals surface area (Å²) in [5.41, 5.74) is 7.19. The molecule has 1 atom stereocenters. The second-order valence-corrected chi connectivity index (χ2v) is 12.6. The van der Waals surface area contributed by atoms with Gasteiger partial charge in [-0.05, 0) is 34.7 Å². The minimum absolute atomic E-state index is 0.0987. The van der Waals surface area contributed by atoms with Crippen LogP contribution in [0, 0.1) is 0 Å². The molecule has 222 valence electrons. The lowest BCUT2D eigenvalue weighted by molar-refractivity contribution is -0.993. The molecule has 0 aliphatic carbocycles. The maximum Gasteiger partial charge on any atom is 0.162 e. The van der Waals surface area contributed by atoms with Gasteiger partial charge in [0.05, 0.1) is 6.42 Å². The molecule has 45 heavy (non-hydrogen) atoms. The number of quaternary nitrogens is 1. The molecule has 0 bridgehead atoms. The second kappa shape index (κ2) is 14.8. The van der Waals surface area contributed by atoms with Crippen molar-refractivity contribution in [1.82, 2.24) is 0 Å². The van der Waals surface area contributed by atoms with Gasteiger partial charge in [0.2, 0.25) is 0 Å². The van der Waals surface area contributed by atoms with Crippen LogP contribution in [0.3, 0.4) is 0 Å². The largest absolute Gasteiger partial charge is 0.306 e. The maximum atomic E-state index is 14.0. The smallest absolute Gasteiger partial charge is 0.162 e. The minimum atomic E-state index is -0.0987. The molecular weight excluding hydrogens is 567 g/mol. The van der Waals surface area contributed by atoms with Gasteiger partial charge in [-0.3, -0.25) is 4.79 Å². The van der Waals surface area contributed by atoms with Crippen LogP contribution in [-0.2, 0) is 24.4 Å². The van der Waals surface area contributed by atoms with Crippen molar-refractivity contribution in [2.24, 2.45) is 0 Å². The highest BCUT2D eigenvalue weighted by Gasteiger charge is 2.40. The fourth-order valence-electron chi connectivity index (χ4n) is 6.32. The Morgan fingerprint density at radius 2 is 1.13 bits per heavy atom. The van der Waals surface area contributed by atoms with Gasteiger partial charge >= 0.3 is 0 Å². The molecule has 3 heteroatoms. The molecule has 0 aliphatic rings. The van der Waals surface area contributed by atoms with Crippen LogP contribution in [0.4, 0.5) is 0 Å². The van der Waals surface area contributed by atoms with E-state index in [1.807, 2.05) is 36.4 Å². The summed E-state index contributed by atoms with van der Waals surface area (Å²) in [5, 5.41) is 2.12. The van der Waals surface area contributed by atoms with E-state index in [0.717, 1.165) is 25.2 Å². The SMILES string of the molecule is O=C(/C=C/c1ccccc1)CC(c1cccc(-c2cccs2)c1)[N+](Cc1ccccc1)(Cc1ccccc1)Cc1ccccc1. The van der Waals surface area contributed by atoms with E-state index in [-0.39, 0.29) is 11.8 Å². The normalized spacial score (nSPS) is 12.3. The van der Waals surface area contributed by atoms with Gasteiger partial charge in [0.1, 0.15) is 25.7 Å². The summed E-state index contributed by atoms with van der Waals surface area (Å²) < 4.78 is 0.677. The standard InChI is InChI=1S/C42H38NOS/c44-40(27-26-34-15-5-1-6-16-34)30-41(38-23-13-24-39(29-38)42-25-14-28-45-42)43(31-35-17-7-2-8-18-35,32-36-19-9-3-10-20-36)33-37-21-11-4-12-22-37/h1-29,41H,30-33H2/q+1/b27-26+. The molecule has 0 saturated heterocycles. The van der Waals surface area contributed by atoms with Crippen LogP contribution in [0.15, 0.2) is 169 Å². The number of carbonyl (C=O) groups is 1. The van der Waals surface area contributed by atoms with Crippen molar-refractivity contribution in [3.63, 3.8) is 0 Å². The van der Waals surface area contributed by atoms with Crippen LogP contribution in [-0.4, -0.2) is 10.3 Å². The summed E-state index contributed by atoms with van der Waals surface area (Å²) >= 11 is 1.75. The van der Waals surface area contributed by atoms with Crippen molar-refractivity contribution in [2.75, 3.05) is 0 Å². The van der Waals surface area contributed by atoms with E-state index in [0.29, 0.717) is 10.9 Å². The molecule has 0 radical (unpaired) electrons. The van der Waals surface area contributed by atoms with E-state index >= 15 is 0 Å². The molecule has 0 spiro atoms. The van der Waals surface area contributed by atoms with Gasteiger partial charge in [0.15, 0.2) is 5.78 Å². The molecule has 1 unspecified atom stereocenters. The summed E-state index contributed by atoms with van der Waals surface area (Å²) in [6, 6.07) is 55.4. The molecule has 6 rings (SSSR count). The van der Waals surface area contributed by atoms with Crippen molar-refractivity contribution in [1.29, 1.82) is 0 Å². The molecule has 0 aliphatic heterocycles. The highest BCUT2D eigenvalue weighted by Crippen LogP contribution is 2.40. The first-order valence-electron chi connectivity index (χ1n) is 15.5. The van der Waals surface area contributed by atoms with Crippen molar-refractivity contribution in [3.8, 4) is 10.4 Å². The fraction of sp³-hybridized carbons (Fsp3) is 0.119. The number of carbonyl (C=O) groups excluding carboxylic acids is 1. The minimum Gasteiger partial charge on any atom is -0.306 e. The number of ketones is 1. The Hall–Kier alpha value is -4.83. The zero-order valence-corrected chi connectivity index (χ0v) is 26.2. The second-order valence-electron chi connectivity index (χ2n) is 11.7. The Kier molecular flexibility index (Phi) is 9.91. The van der Waals surface area contributed by atoms with Crippen LogP contribution >= 0.6 is 11.3 Å². The van der Waals surface area contributed by atoms with Gasteiger partial charge in [-0.1, -0.05) is 152 Å². The predicted molar refractivity (Wildman–Crippen MR) is 188 cm³/mol. The lowest BCUT2D eigenvalue weighted by Gasteiger charge is -2.45. The first-order chi connectivity index (χ1) is 22.2. The molecule has 0 fully saturated rings. The number of rotatable bonds is 13. The zero-order chi connectivity index (χ0) is 30.7. The van der Waals surface area contributed by atoms with E-state index in [1.54, 1.807) is 17.4 Å². The van der Waals surface area contributed by atoms with Crippen molar-refractivity contribution < 1.29 is 9.28 Å². The third kappa shape index (κ3) is 8.02. The Labute approximate surface area is 271 Å². The van der Waals surface area contributed by atoms with E-state index in [4.69, 9.17) is 0 Å². The van der Waals surface area contributed by atoms with Gasteiger partial charge < -0.3 is 4.48 Å². The summed E-state index contributed by atoms with van der Waals surface area (Å²) in [4.78, 5) is 15.3. The first kappa shape index (κ1) is 30.2. The Morgan fingerprint density at radius 3 is 1.64 bits per heavy atom. The summed E-state index contributed by atoms with van der Waals surface area (Å²) in [5.74, 6) is 0.127. The van der Waals surface area contributed by atoms with Gasteiger partial charge in [-0.2, -0.15) is 0 Å². The molecule has 1 heterocycles. The maximum absolute atomic E-state index is 14.0. The topological polar surface area (TPSA) is 17.1 Å². The van der Waals surface area contributed by atoms with Gasteiger partial charge in [-0.25, -0.2) is 0 Å². The number of hydrogen-bond donors (Lipinski definition) is 0. The van der Waals surface area contributed by atoms with Crippen LogP contribution in [0.25, 0.3) is 16.5 Å². The van der Waals surface area contributed by atoms with Crippen molar-refractivity contribution >= 4 is 23.2 Å². The van der Waals surface area contributed by atoms with E-state index < -0.39 is 0 Å². The Bertz CT molecular complexity index is 1700. The third-order valence-electron chi connectivity index (χ3n) is 8.41. The lowest BCUT2D eigenvalue weighted by atomic mass is 9.92. The van der Waals surface area contributed by atoms with Crippen LogP contribution < -0.4 is 0 Å². The Morgan fingerprint density at radius 1 is 0.600 bits per heavy atom. The van der Waals surface area contributed by atoms with Crippen molar-refractivity contribution in [2.45, 2.75) is 32.1 Å². The molecule has 0 saturated carbocycles. The zero-order valence-electron chi connectivity index (χ0n) is 25.4. The average molecular weight is 605 g/mol. The summed E-state index contributed by atoms with van der Waals surface area (Å²) in [6.07, 6.45) is 4.11. The fourth-order valence-corrected chi connectivity index (χ4v) is 7.04. The average Bonchev–Trinajstić information content (AvgIpc) is 3.64. The lowest BCUT2D eigenvalue weighted by Crippen LogP contribution is -2.49. The van der Waals surface area contributed by atoms with Crippen LogP contribution in [0.1, 0.15) is 40.3 Å². The van der Waals surface area contributed by atoms with E-state index in [9.17, 15) is 4.79 Å². The van der Waals surface area contributed by atoms with Crippen LogP contribution in [0.5, 0.6) is 0 Å². The quantitative estimate of drug-likeness (QED) is 0.0947. The monoisotopic (exact) mass is 604 g/mol. The molecular formula is C42H38NOS+. The molecule has 2 nitrogen and oxygen atoms in total. The number of allylic oxidation sites excluding steroid dienone is 1. The number of benzene rings is 5. The predicted octanol–water partition coefficient (Wildman–Crippen LogP) is 10.5. The number of thiophene rings is 1. The summed E-state index contributed by atoms with van der Waals surface area (Å²) in [7, 11) is 0. The van der Waals surface area contributed by atoms with E-state index in [2.05, 4.69) is 133 Å². The number of hydrogen-bond acceptors (Lipinski definition) is 2. The van der Waals surface area contributed by atoms with Gasteiger partial charge in [0, 0.05) is 27.1 Å².